The van der Waals surface area contributed by atoms with Crippen molar-refractivity contribution in [1.82, 2.24) is 9.97 Å². The zero-order chi connectivity index (χ0) is 26.4. The molecular weight excluding hydrogens is 416 g/mol. The van der Waals surface area contributed by atoms with Gasteiger partial charge in [-0.05, 0) is 48.3 Å². The second-order valence-electron chi connectivity index (χ2n) is 9.05. The van der Waals surface area contributed by atoms with E-state index in [-0.39, 0.29) is 10.8 Å². The number of aryl methyl sites for hydroxylation is 2. The lowest BCUT2D eigenvalue weighted by Crippen LogP contribution is -2.36. The molecule has 0 aliphatic rings. The number of fused-ring (bicyclic) bond motifs is 1. The first kappa shape index (κ1) is 31.7. The molecule has 0 atom stereocenters. The number of benzene rings is 2. The lowest BCUT2D eigenvalue weighted by molar-refractivity contribution is 0.00780. The summed E-state index contributed by atoms with van der Waals surface area (Å²) in [5.74, 6) is 0. The first-order valence-electron chi connectivity index (χ1n) is 13.1. The molecule has 190 valence electrons. The van der Waals surface area contributed by atoms with Crippen LogP contribution in [-0.2, 0) is 11.2 Å². The van der Waals surface area contributed by atoms with Crippen LogP contribution in [0.1, 0.15) is 86.9 Å². The van der Waals surface area contributed by atoms with Crippen molar-refractivity contribution < 1.29 is 4.74 Å². The summed E-state index contributed by atoms with van der Waals surface area (Å²) in [6, 6.07) is 16.8. The molecule has 0 spiro atoms. The van der Waals surface area contributed by atoms with Crippen molar-refractivity contribution in [3.8, 4) is 11.3 Å². The largest absolute Gasteiger partial charge is 0.384 e. The standard InChI is InChI=1S/C25H32N2O.3C2H6/c1-18-23(20-10-8-7-9-11-20)27-21-13-12-19(16-22(21)26-18)14-15-24(2,3)25(4,5)17-28-6;3*1-2/h7-13,16H,14-15,17H2,1-6H3;3*1-2H3. The van der Waals surface area contributed by atoms with E-state index < -0.39 is 0 Å². The van der Waals surface area contributed by atoms with Crippen molar-refractivity contribution >= 4 is 11.0 Å². The minimum Gasteiger partial charge on any atom is -0.384 e. The van der Waals surface area contributed by atoms with Gasteiger partial charge in [0, 0.05) is 12.7 Å². The summed E-state index contributed by atoms with van der Waals surface area (Å²) in [6.07, 6.45) is 2.13. The van der Waals surface area contributed by atoms with Crippen LogP contribution < -0.4 is 0 Å². The predicted octanol–water partition coefficient (Wildman–Crippen LogP) is 9.32. The maximum Gasteiger partial charge on any atom is 0.0922 e. The smallest absolute Gasteiger partial charge is 0.0922 e. The number of methoxy groups -OCH3 is 1. The highest BCUT2D eigenvalue weighted by Crippen LogP contribution is 2.42. The first-order valence-corrected chi connectivity index (χ1v) is 13.1. The van der Waals surface area contributed by atoms with E-state index in [1.54, 1.807) is 7.11 Å². The SMILES string of the molecule is CC.CC.CC.COCC(C)(C)C(C)(C)CCc1ccc2nc(-c3ccccc3)c(C)nc2c1. The molecule has 3 rings (SSSR count). The van der Waals surface area contributed by atoms with E-state index >= 15 is 0 Å². The Bertz CT molecular complexity index is 946. The molecule has 3 heteroatoms. The molecule has 0 aliphatic heterocycles. The second kappa shape index (κ2) is 15.6. The molecular formula is C31H50N2O. The minimum absolute atomic E-state index is 0.125. The molecule has 0 fully saturated rings. The fourth-order valence-corrected chi connectivity index (χ4v) is 3.56. The highest BCUT2D eigenvalue weighted by Gasteiger charge is 2.36. The summed E-state index contributed by atoms with van der Waals surface area (Å²) in [7, 11) is 1.78. The fraction of sp³-hybridized carbons (Fsp3) is 0.548. The Morgan fingerprint density at radius 3 is 1.88 bits per heavy atom. The van der Waals surface area contributed by atoms with Crippen LogP contribution in [0.4, 0.5) is 0 Å². The zero-order valence-electron chi connectivity index (χ0n) is 24.0. The van der Waals surface area contributed by atoms with E-state index in [4.69, 9.17) is 14.7 Å². The average molecular weight is 467 g/mol. The van der Waals surface area contributed by atoms with Crippen LogP contribution in [0.5, 0.6) is 0 Å². The van der Waals surface area contributed by atoms with Gasteiger partial charge in [-0.1, -0.05) is 106 Å². The van der Waals surface area contributed by atoms with Gasteiger partial charge < -0.3 is 4.74 Å². The Kier molecular flexibility index (Phi) is 14.6. The molecule has 0 saturated heterocycles. The maximum absolute atomic E-state index is 5.45. The fourth-order valence-electron chi connectivity index (χ4n) is 3.56. The van der Waals surface area contributed by atoms with Crippen LogP contribution in [0.2, 0.25) is 0 Å². The summed E-state index contributed by atoms with van der Waals surface area (Å²) in [5, 5.41) is 0. The Morgan fingerprint density at radius 1 is 0.735 bits per heavy atom. The van der Waals surface area contributed by atoms with E-state index in [0.717, 1.165) is 47.4 Å². The Balaban J connectivity index is 0.00000168. The third kappa shape index (κ3) is 8.51. The summed E-state index contributed by atoms with van der Waals surface area (Å²) in [5.41, 5.74) is 6.59. The molecule has 0 N–H and O–H groups in total. The van der Waals surface area contributed by atoms with Gasteiger partial charge in [-0.15, -0.1) is 0 Å². The van der Waals surface area contributed by atoms with Crippen LogP contribution in [0.25, 0.3) is 22.3 Å². The van der Waals surface area contributed by atoms with Crippen LogP contribution in [0.15, 0.2) is 48.5 Å². The lowest BCUT2D eigenvalue weighted by Gasteiger charge is -2.41. The van der Waals surface area contributed by atoms with Gasteiger partial charge >= 0.3 is 0 Å². The normalized spacial score (nSPS) is 10.8. The van der Waals surface area contributed by atoms with Crippen LogP contribution in [0, 0.1) is 17.8 Å². The minimum atomic E-state index is 0.125. The van der Waals surface area contributed by atoms with Gasteiger partial charge in [0.05, 0.1) is 29.0 Å². The van der Waals surface area contributed by atoms with Crippen molar-refractivity contribution in [3.63, 3.8) is 0 Å². The van der Waals surface area contributed by atoms with Gasteiger partial charge in [-0.3, -0.25) is 0 Å². The van der Waals surface area contributed by atoms with Crippen molar-refractivity contribution in [2.45, 2.75) is 89.0 Å². The average Bonchev–Trinajstić information content (AvgIpc) is 2.86. The van der Waals surface area contributed by atoms with Gasteiger partial charge in [-0.25, -0.2) is 9.97 Å². The number of hydrogen-bond acceptors (Lipinski definition) is 3. The van der Waals surface area contributed by atoms with Crippen LogP contribution in [0.3, 0.4) is 0 Å². The van der Waals surface area contributed by atoms with Crippen molar-refractivity contribution in [2.75, 3.05) is 13.7 Å². The lowest BCUT2D eigenvalue weighted by atomic mass is 9.65. The van der Waals surface area contributed by atoms with Gasteiger partial charge in [-0.2, -0.15) is 0 Å². The van der Waals surface area contributed by atoms with E-state index in [1.807, 2.05) is 66.7 Å². The van der Waals surface area contributed by atoms with Gasteiger partial charge in [0.15, 0.2) is 0 Å². The molecule has 1 heterocycles. The molecule has 2 aromatic carbocycles. The number of nitrogens with zero attached hydrogens (tertiary/aromatic N) is 2. The topological polar surface area (TPSA) is 35.0 Å². The maximum atomic E-state index is 5.45. The molecule has 34 heavy (non-hydrogen) atoms. The molecule has 0 aliphatic carbocycles. The van der Waals surface area contributed by atoms with Gasteiger partial charge in [0.2, 0.25) is 0 Å². The van der Waals surface area contributed by atoms with E-state index in [1.165, 1.54) is 5.56 Å². The molecule has 1 aromatic heterocycles. The second-order valence-corrected chi connectivity index (χ2v) is 9.05. The van der Waals surface area contributed by atoms with E-state index in [0.29, 0.717) is 0 Å². The first-order chi connectivity index (χ1) is 16.2. The monoisotopic (exact) mass is 466 g/mol. The molecule has 3 nitrogen and oxygen atoms in total. The molecule has 0 bridgehead atoms. The Labute approximate surface area is 210 Å². The number of ether oxygens (including phenoxy) is 1. The van der Waals surface area contributed by atoms with E-state index in [9.17, 15) is 0 Å². The summed E-state index contributed by atoms with van der Waals surface area (Å²) >= 11 is 0. The van der Waals surface area contributed by atoms with Crippen molar-refractivity contribution in [2.24, 2.45) is 10.8 Å². The highest BCUT2D eigenvalue weighted by atomic mass is 16.5. The summed E-state index contributed by atoms with van der Waals surface area (Å²) in [6.45, 7) is 24.1. The number of hydrogen-bond donors (Lipinski definition) is 0. The highest BCUT2D eigenvalue weighted by molar-refractivity contribution is 5.79. The molecule has 3 aromatic rings. The molecule has 0 saturated carbocycles. The predicted molar refractivity (Wildman–Crippen MR) is 152 cm³/mol. The third-order valence-corrected chi connectivity index (χ3v) is 6.33. The molecule has 0 amide bonds. The number of rotatable bonds is 7. The van der Waals surface area contributed by atoms with E-state index in [2.05, 4.69) is 58.0 Å². The Hall–Kier alpha value is -2.26. The molecule has 0 unspecified atom stereocenters. The Morgan fingerprint density at radius 2 is 1.32 bits per heavy atom. The third-order valence-electron chi connectivity index (χ3n) is 6.33. The zero-order valence-corrected chi connectivity index (χ0v) is 24.0. The molecule has 0 radical (unpaired) electrons. The van der Waals surface area contributed by atoms with Gasteiger partial charge in [0.25, 0.3) is 0 Å². The number of aromatic nitrogens is 2. The van der Waals surface area contributed by atoms with Gasteiger partial charge in [0.1, 0.15) is 0 Å². The van der Waals surface area contributed by atoms with Crippen molar-refractivity contribution in [3.05, 3.63) is 59.8 Å². The summed E-state index contributed by atoms with van der Waals surface area (Å²) in [4.78, 5) is 9.73. The summed E-state index contributed by atoms with van der Waals surface area (Å²) < 4.78 is 5.45. The van der Waals surface area contributed by atoms with Crippen LogP contribution >= 0.6 is 0 Å². The van der Waals surface area contributed by atoms with Crippen LogP contribution in [-0.4, -0.2) is 23.7 Å². The van der Waals surface area contributed by atoms with Crippen molar-refractivity contribution in [1.29, 1.82) is 0 Å². The quantitative estimate of drug-likeness (QED) is 0.348.